The largest absolute Gasteiger partial charge is 0.455 e. The van der Waals surface area contributed by atoms with Crippen molar-refractivity contribution < 1.29 is 23.6 Å². The maximum absolute atomic E-state index is 12.3. The molecule has 2 aromatic rings. The van der Waals surface area contributed by atoms with Crippen molar-refractivity contribution in [3.05, 3.63) is 41.2 Å². The van der Waals surface area contributed by atoms with Crippen LogP contribution >= 0.6 is 0 Å². The van der Waals surface area contributed by atoms with Crippen LogP contribution in [0.3, 0.4) is 0 Å². The highest BCUT2D eigenvalue weighted by Gasteiger charge is 2.36. The van der Waals surface area contributed by atoms with Crippen molar-refractivity contribution in [2.24, 2.45) is 5.92 Å². The predicted octanol–water partition coefficient (Wildman–Crippen LogP) is 2.13. The Hall–Kier alpha value is -3.16. The monoisotopic (exact) mass is 371 g/mol. The number of benzene rings is 1. The highest BCUT2D eigenvalue weighted by molar-refractivity contribution is 6.00. The number of aryl methyl sites for hydroxylation is 3. The Morgan fingerprint density at radius 1 is 1.30 bits per heavy atom. The highest BCUT2D eigenvalue weighted by Crippen LogP contribution is 2.29. The van der Waals surface area contributed by atoms with Crippen LogP contribution < -0.4 is 10.2 Å². The van der Waals surface area contributed by atoms with Crippen molar-refractivity contribution in [2.45, 2.75) is 27.2 Å². The molecule has 0 spiro atoms. The van der Waals surface area contributed by atoms with E-state index in [1.807, 2.05) is 32.0 Å². The smallest absolute Gasteiger partial charge is 0.311 e. The number of nitrogens with zero attached hydrogens (tertiary/aromatic N) is 2. The van der Waals surface area contributed by atoms with Gasteiger partial charge in [0.15, 0.2) is 12.4 Å². The number of esters is 1. The van der Waals surface area contributed by atoms with Gasteiger partial charge in [0.1, 0.15) is 5.76 Å². The van der Waals surface area contributed by atoms with Gasteiger partial charge in [-0.05, 0) is 32.4 Å². The van der Waals surface area contributed by atoms with Gasteiger partial charge in [-0.3, -0.25) is 14.4 Å². The maximum atomic E-state index is 12.3. The molecule has 1 N–H and O–H groups in total. The molecule has 0 aliphatic carbocycles. The summed E-state index contributed by atoms with van der Waals surface area (Å²) in [6, 6.07) is 7.35. The van der Waals surface area contributed by atoms with Crippen LogP contribution in [0.2, 0.25) is 0 Å². The minimum absolute atomic E-state index is 0.0657. The molecule has 0 radical (unpaired) electrons. The van der Waals surface area contributed by atoms with E-state index >= 15 is 0 Å². The molecule has 8 heteroatoms. The Bertz CT molecular complexity index is 889. The Balaban J connectivity index is 1.55. The third-order valence-corrected chi connectivity index (χ3v) is 4.34. The zero-order valence-electron chi connectivity index (χ0n) is 15.4. The average molecular weight is 371 g/mol. The van der Waals surface area contributed by atoms with Crippen molar-refractivity contribution in [1.82, 2.24) is 5.16 Å². The normalized spacial score (nSPS) is 16.5. The number of carbonyl (C=O) groups is 3. The first-order valence-corrected chi connectivity index (χ1v) is 8.61. The minimum Gasteiger partial charge on any atom is -0.455 e. The molecule has 1 aromatic carbocycles. The fourth-order valence-corrected chi connectivity index (χ4v) is 3.07. The third-order valence-electron chi connectivity index (χ3n) is 4.34. The van der Waals surface area contributed by atoms with Gasteiger partial charge in [-0.1, -0.05) is 22.9 Å². The molecule has 0 bridgehead atoms. The molecule has 2 heterocycles. The van der Waals surface area contributed by atoms with Gasteiger partial charge in [-0.25, -0.2) is 0 Å². The predicted molar refractivity (Wildman–Crippen MR) is 97.2 cm³/mol. The van der Waals surface area contributed by atoms with Crippen LogP contribution in [0.25, 0.3) is 0 Å². The van der Waals surface area contributed by atoms with E-state index in [2.05, 4.69) is 10.5 Å². The molecule has 142 valence electrons. The molecule has 2 amide bonds. The Kier molecular flexibility index (Phi) is 5.25. The first kappa shape index (κ1) is 18.6. The number of carbonyl (C=O) groups excluding carboxylic acids is 3. The van der Waals surface area contributed by atoms with Crippen molar-refractivity contribution >= 4 is 29.3 Å². The molecular weight excluding hydrogens is 350 g/mol. The molecule has 8 nitrogen and oxygen atoms in total. The van der Waals surface area contributed by atoms with Crippen LogP contribution in [0.1, 0.15) is 23.3 Å². The van der Waals surface area contributed by atoms with Gasteiger partial charge in [-0.2, -0.15) is 0 Å². The first-order valence-electron chi connectivity index (χ1n) is 8.61. The van der Waals surface area contributed by atoms with E-state index in [1.54, 1.807) is 17.9 Å². The zero-order chi connectivity index (χ0) is 19.6. The number of nitrogens with one attached hydrogen (secondary N) is 1. The number of hydrogen-bond acceptors (Lipinski definition) is 6. The van der Waals surface area contributed by atoms with Gasteiger partial charge in [-0.15, -0.1) is 0 Å². The quantitative estimate of drug-likeness (QED) is 0.808. The van der Waals surface area contributed by atoms with Crippen LogP contribution in [0.5, 0.6) is 0 Å². The Labute approximate surface area is 156 Å². The van der Waals surface area contributed by atoms with Gasteiger partial charge >= 0.3 is 5.97 Å². The second kappa shape index (κ2) is 7.61. The standard InChI is InChI=1S/C19H21N3O5/c1-11-4-5-15(12(2)6-11)22-9-14(8-18(22)24)19(25)26-10-17(23)20-16-7-13(3)27-21-16/h4-7,14H,8-10H2,1-3H3,(H,20,21,23)/t14-/m0/s1. The Morgan fingerprint density at radius 2 is 2.07 bits per heavy atom. The second-order valence-electron chi connectivity index (χ2n) is 6.67. The molecule has 0 saturated carbocycles. The van der Waals surface area contributed by atoms with Crippen molar-refractivity contribution in [3.8, 4) is 0 Å². The molecule has 1 saturated heterocycles. The summed E-state index contributed by atoms with van der Waals surface area (Å²) in [4.78, 5) is 38.0. The van der Waals surface area contributed by atoms with Crippen molar-refractivity contribution in [2.75, 3.05) is 23.4 Å². The van der Waals surface area contributed by atoms with Crippen LogP contribution in [0.4, 0.5) is 11.5 Å². The van der Waals surface area contributed by atoms with E-state index < -0.39 is 24.4 Å². The van der Waals surface area contributed by atoms with E-state index in [0.717, 1.165) is 16.8 Å². The topological polar surface area (TPSA) is 102 Å². The summed E-state index contributed by atoms with van der Waals surface area (Å²) < 4.78 is 9.90. The van der Waals surface area contributed by atoms with Crippen molar-refractivity contribution in [1.29, 1.82) is 0 Å². The SMILES string of the molecule is Cc1ccc(N2C[C@@H](C(=O)OCC(=O)Nc3cc(C)on3)CC2=O)c(C)c1. The average Bonchev–Trinajstić information content (AvgIpc) is 3.18. The van der Waals surface area contributed by atoms with Crippen LogP contribution in [-0.4, -0.2) is 36.1 Å². The number of ether oxygens (including phenoxy) is 1. The summed E-state index contributed by atoms with van der Waals surface area (Å²) >= 11 is 0. The van der Waals surface area contributed by atoms with E-state index in [0.29, 0.717) is 5.76 Å². The number of rotatable bonds is 5. The lowest BCUT2D eigenvalue weighted by molar-refractivity contribution is -0.151. The zero-order valence-corrected chi connectivity index (χ0v) is 15.4. The maximum Gasteiger partial charge on any atom is 0.311 e. The minimum atomic E-state index is -0.597. The fourth-order valence-electron chi connectivity index (χ4n) is 3.07. The Morgan fingerprint density at radius 3 is 2.74 bits per heavy atom. The molecule has 0 unspecified atom stereocenters. The van der Waals surface area contributed by atoms with Crippen LogP contribution in [-0.2, 0) is 19.1 Å². The first-order chi connectivity index (χ1) is 12.8. The molecule has 1 aromatic heterocycles. The van der Waals surface area contributed by atoms with Crippen LogP contribution in [0, 0.1) is 26.7 Å². The summed E-state index contributed by atoms with van der Waals surface area (Å²) in [5.41, 5.74) is 2.87. The number of amides is 2. The molecule has 3 rings (SSSR count). The molecule has 1 aliphatic rings. The fraction of sp³-hybridized carbons (Fsp3) is 0.368. The van der Waals surface area contributed by atoms with Crippen LogP contribution in [0.15, 0.2) is 28.8 Å². The van der Waals surface area contributed by atoms with Gasteiger partial charge in [0.25, 0.3) is 5.91 Å². The van der Waals surface area contributed by atoms with E-state index in [1.165, 1.54) is 0 Å². The molecule has 1 atom stereocenters. The van der Waals surface area contributed by atoms with Crippen molar-refractivity contribution in [3.63, 3.8) is 0 Å². The van der Waals surface area contributed by atoms with Gasteiger partial charge < -0.3 is 19.5 Å². The summed E-state index contributed by atoms with van der Waals surface area (Å²) in [7, 11) is 0. The molecule has 27 heavy (non-hydrogen) atoms. The lowest BCUT2D eigenvalue weighted by Crippen LogP contribution is -2.28. The van der Waals surface area contributed by atoms with Gasteiger partial charge in [0.05, 0.1) is 5.92 Å². The lowest BCUT2D eigenvalue weighted by Gasteiger charge is -2.19. The van der Waals surface area contributed by atoms with E-state index in [4.69, 9.17) is 9.26 Å². The number of anilines is 2. The summed E-state index contributed by atoms with van der Waals surface area (Å²) in [5, 5.41) is 6.10. The van der Waals surface area contributed by atoms with Gasteiger partial charge in [0.2, 0.25) is 5.91 Å². The third kappa shape index (κ3) is 4.33. The number of hydrogen-bond donors (Lipinski definition) is 1. The molecule has 1 fully saturated rings. The van der Waals surface area contributed by atoms with E-state index in [-0.39, 0.29) is 24.7 Å². The van der Waals surface area contributed by atoms with E-state index in [9.17, 15) is 14.4 Å². The second-order valence-corrected chi connectivity index (χ2v) is 6.67. The highest BCUT2D eigenvalue weighted by atomic mass is 16.5. The summed E-state index contributed by atoms with van der Waals surface area (Å²) in [6.45, 7) is 5.40. The lowest BCUT2D eigenvalue weighted by atomic mass is 10.1. The molecule has 1 aliphatic heterocycles. The number of aromatic nitrogens is 1. The summed E-state index contributed by atoms with van der Waals surface area (Å²) in [6.07, 6.45) is 0.0657. The summed E-state index contributed by atoms with van der Waals surface area (Å²) in [5.74, 6) is -1.01. The van der Waals surface area contributed by atoms with Gasteiger partial charge in [0, 0.05) is 24.7 Å². The molecular formula is C19H21N3O5.